The van der Waals surface area contributed by atoms with Crippen molar-refractivity contribution < 1.29 is 13.9 Å². The number of halogens is 1. The Kier molecular flexibility index (Phi) is 7.37. The smallest absolute Gasteiger partial charge is 0.226 e. The third-order valence-corrected chi connectivity index (χ3v) is 7.00. The summed E-state index contributed by atoms with van der Waals surface area (Å²) in [7, 11) is 1.65. The van der Waals surface area contributed by atoms with Crippen molar-refractivity contribution in [3.05, 3.63) is 108 Å². The molecule has 1 fully saturated rings. The fraction of sp³-hybridized carbons (Fsp3) is 0.207. The lowest BCUT2D eigenvalue weighted by Gasteiger charge is -2.29. The zero-order valence-electron chi connectivity index (χ0n) is 21.1. The highest BCUT2D eigenvalue weighted by atomic mass is 32.1. The van der Waals surface area contributed by atoms with E-state index in [-0.39, 0.29) is 30.2 Å². The summed E-state index contributed by atoms with van der Waals surface area (Å²) in [5.41, 5.74) is 4.49. The van der Waals surface area contributed by atoms with Gasteiger partial charge in [-0.3, -0.25) is 9.78 Å². The Morgan fingerprint density at radius 1 is 1.08 bits per heavy atom. The highest BCUT2D eigenvalue weighted by Gasteiger charge is 2.41. The average molecular weight is 530 g/mol. The van der Waals surface area contributed by atoms with Gasteiger partial charge in [-0.25, -0.2) is 4.39 Å². The molecule has 2 N–H and O–H groups in total. The second-order valence-electron chi connectivity index (χ2n) is 9.06. The van der Waals surface area contributed by atoms with Crippen molar-refractivity contribution in [2.45, 2.75) is 25.4 Å². The molecule has 2 aromatic heterocycles. The van der Waals surface area contributed by atoms with E-state index in [1.54, 1.807) is 25.4 Å². The van der Waals surface area contributed by atoms with Gasteiger partial charge in [0.15, 0.2) is 5.11 Å². The van der Waals surface area contributed by atoms with Crippen LogP contribution in [-0.4, -0.2) is 39.1 Å². The Morgan fingerprint density at radius 3 is 2.53 bits per heavy atom. The lowest BCUT2D eigenvalue weighted by Crippen LogP contribution is -2.33. The Labute approximate surface area is 226 Å². The van der Waals surface area contributed by atoms with E-state index in [9.17, 15) is 9.18 Å². The van der Waals surface area contributed by atoms with E-state index < -0.39 is 0 Å². The molecule has 2 aromatic carbocycles. The number of nitrogens with zero attached hydrogens (tertiary/aromatic N) is 3. The largest absolute Gasteiger partial charge is 0.497 e. The van der Waals surface area contributed by atoms with Crippen molar-refractivity contribution in [2.75, 3.05) is 19.0 Å². The van der Waals surface area contributed by atoms with Gasteiger partial charge in [0.25, 0.3) is 0 Å². The molecule has 194 valence electrons. The number of rotatable bonds is 8. The predicted molar refractivity (Wildman–Crippen MR) is 149 cm³/mol. The molecule has 9 heteroatoms. The van der Waals surface area contributed by atoms with Gasteiger partial charge in [0.1, 0.15) is 11.6 Å². The molecule has 0 radical (unpaired) electrons. The van der Waals surface area contributed by atoms with Crippen molar-refractivity contribution in [3.63, 3.8) is 0 Å². The number of hydrogen-bond acceptors (Lipinski definition) is 4. The zero-order valence-corrected chi connectivity index (χ0v) is 21.9. The standard InChI is InChI=1S/C29H28FN5O2S/c1-19-6-15-25(35(19)22-11-13-23(37-2)14-12-22)28-27(24-5-3-4-17-31-24)33-29(38)34(28)18-16-26(36)32-21-9-7-20(30)8-10-21/h3-15,17,27-28H,16,18H2,1-2H3,(H,32,36)(H,33,38). The van der Waals surface area contributed by atoms with Crippen LogP contribution in [0.4, 0.5) is 10.1 Å². The Balaban J connectivity index is 1.46. The second kappa shape index (κ2) is 11.0. The number of carbonyl (C=O) groups is 1. The summed E-state index contributed by atoms with van der Waals surface area (Å²) in [6, 6.07) is 23.2. The van der Waals surface area contributed by atoms with Crippen LogP contribution in [-0.2, 0) is 4.79 Å². The molecule has 5 rings (SSSR count). The summed E-state index contributed by atoms with van der Waals surface area (Å²) in [6.07, 6.45) is 1.97. The fourth-order valence-corrected chi connectivity index (χ4v) is 5.15. The van der Waals surface area contributed by atoms with Gasteiger partial charge in [0, 0.05) is 41.9 Å². The van der Waals surface area contributed by atoms with Crippen LogP contribution in [0.15, 0.2) is 85.1 Å². The van der Waals surface area contributed by atoms with Gasteiger partial charge in [-0.15, -0.1) is 0 Å². The molecule has 1 aliphatic heterocycles. The van der Waals surface area contributed by atoms with Crippen molar-refractivity contribution >= 4 is 28.9 Å². The number of carbonyl (C=O) groups excluding carboxylic acids is 1. The first-order valence-electron chi connectivity index (χ1n) is 12.3. The number of aryl methyl sites for hydroxylation is 1. The van der Waals surface area contributed by atoms with Gasteiger partial charge in [-0.2, -0.15) is 0 Å². The normalized spacial score (nSPS) is 16.8. The molecular formula is C29H28FN5O2S. The summed E-state index contributed by atoms with van der Waals surface area (Å²) < 4.78 is 20.8. The summed E-state index contributed by atoms with van der Waals surface area (Å²) >= 11 is 5.78. The molecule has 0 saturated carbocycles. The van der Waals surface area contributed by atoms with E-state index in [0.29, 0.717) is 17.3 Å². The summed E-state index contributed by atoms with van der Waals surface area (Å²) in [5.74, 6) is 0.250. The van der Waals surface area contributed by atoms with Crippen LogP contribution in [0.2, 0.25) is 0 Å². The summed E-state index contributed by atoms with van der Waals surface area (Å²) in [4.78, 5) is 19.4. The number of ether oxygens (including phenoxy) is 1. The van der Waals surface area contributed by atoms with Gasteiger partial charge in [-0.1, -0.05) is 6.07 Å². The highest BCUT2D eigenvalue weighted by Crippen LogP contribution is 2.40. The predicted octanol–water partition coefficient (Wildman–Crippen LogP) is 5.33. The Morgan fingerprint density at radius 2 is 1.84 bits per heavy atom. The number of anilines is 1. The van der Waals surface area contributed by atoms with Crippen molar-refractivity contribution in [2.24, 2.45) is 0 Å². The first-order valence-corrected chi connectivity index (χ1v) is 12.7. The van der Waals surface area contributed by atoms with E-state index in [4.69, 9.17) is 17.0 Å². The van der Waals surface area contributed by atoms with Crippen LogP contribution >= 0.6 is 12.2 Å². The minimum atomic E-state index is -0.352. The second-order valence-corrected chi connectivity index (χ2v) is 9.44. The number of aromatic nitrogens is 2. The number of thiocarbonyl (C=S) groups is 1. The van der Waals surface area contributed by atoms with Crippen LogP contribution in [0.1, 0.15) is 35.6 Å². The summed E-state index contributed by atoms with van der Waals surface area (Å²) in [6.45, 7) is 2.45. The molecule has 3 heterocycles. The van der Waals surface area contributed by atoms with Gasteiger partial charge in [0.05, 0.1) is 24.9 Å². The summed E-state index contributed by atoms with van der Waals surface area (Å²) in [5, 5.41) is 6.83. The van der Waals surface area contributed by atoms with Crippen molar-refractivity contribution in [1.29, 1.82) is 0 Å². The minimum Gasteiger partial charge on any atom is -0.497 e. The topological polar surface area (TPSA) is 71.4 Å². The van der Waals surface area contributed by atoms with E-state index in [2.05, 4.69) is 39.2 Å². The highest BCUT2D eigenvalue weighted by molar-refractivity contribution is 7.80. The van der Waals surface area contributed by atoms with E-state index in [1.165, 1.54) is 12.1 Å². The van der Waals surface area contributed by atoms with Gasteiger partial charge in [-0.05, 0) is 91.9 Å². The maximum absolute atomic E-state index is 13.2. The molecule has 4 aromatic rings. The number of methoxy groups -OCH3 is 1. The van der Waals surface area contributed by atoms with Crippen LogP contribution in [0.3, 0.4) is 0 Å². The van der Waals surface area contributed by atoms with E-state index >= 15 is 0 Å². The molecule has 0 aliphatic carbocycles. The molecular weight excluding hydrogens is 501 g/mol. The molecule has 1 amide bonds. The molecule has 1 saturated heterocycles. The third-order valence-electron chi connectivity index (χ3n) is 6.65. The van der Waals surface area contributed by atoms with Crippen LogP contribution in [0.25, 0.3) is 5.69 Å². The van der Waals surface area contributed by atoms with Crippen LogP contribution < -0.4 is 15.4 Å². The van der Waals surface area contributed by atoms with Gasteiger partial charge in [0.2, 0.25) is 5.91 Å². The molecule has 7 nitrogen and oxygen atoms in total. The maximum Gasteiger partial charge on any atom is 0.226 e. The molecule has 0 bridgehead atoms. The third kappa shape index (κ3) is 5.24. The number of pyridine rings is 1. The Bertz CT molecular complexity index is 1420. The lowest BCUT2D eigenvalue weighted by atomic mass is 10.0. The number of benzene rings is 2. The SMILES string of the molecule is COc1ccc(-n2c(C)ccc2C2C(c3ccccn3)NC(=S)N2CCC(=O)Nc2ccc(F)cc2)cc1. The first-order chi connectivity index (χ1) is 18.4. The fourth-order valence-electron chi connectivity index (χ4n) is 4.82. The molecule has 1 aliphatic rings. The van der Waals surface area contributed by atoms with Crippen molar-refractivity contribution in [1.82, 2.24) is 19.8 Å². The number of nitrogens with one attached hydrogen (secondary N) is 2. The van der Waals surface area contributed by atoms with Crippen LogP contribution in [0.5, 0.6) is 5.75 Å². The lowest BCUT2D eigenvalue weighted by molar-refractivity contribution is -0.116. The van der Waals surface area contributed by atoms with E-state index in [1.807, 2.05) is 47.4 Å². The molecule has 2 unspecified atom stereocenters. The van der Waals surface area contributed by atoms with E-state index in [0.717, 1.165) is 28.5 Å². The monoisotopic (exact) mass is 529 g/mol. The minimum absolute atomic E-state index is 0.179. The zero-order chi connectivity index (χ0) is 26.6. The van der Waals surface area contributed by atoms with Crippen molar-refractivity contribution in [3.8, 4) is 11.4 Å². The molecule has 2 atom stereocenters. The quantitative estimate of drug-likeness (QED) is 0.301. The average Bonchev–Trinajstić information content (AvgIpc) is 3.48. The van der Waals surface area contributed by atoms with Crippen LogP contribution in [0, 0.1) is 12.7 Å². The Hall–Kier alpha value is -4.24. The number of amides is 1. The van der Waals surface area contributed by atoms with Gasteiger partial charge < -0.3 is 24.8 Å². The van der Waals surface area contributed by atoms with Gasteiger partial charge >= 0.3 is 0 Å². The first kappa shape index (κ1) is 25.4. The molecule has 38 heavy (non-hydrogen) atoms. The molecule has 0 spiro atoms. The maximum atomic E-state index is 13.2. The number of hydrogen-bond donors (Lipinski definition) is 2.